The van der Waals surface area contributed by atoms with Gasteiger partial charge in [-0.2, -0.15) is 0 Å². The minimum Gasteiger partial charge on any atom is -0.480 e. The summed E-state index contributed by atoms with van der Waals surface area (Å²) < 4.78 is 32.5. The molecule has 0 fully saturated rings. The summed E-state index contributed by atoms with van der Waals surface area (Å²) in [6.45, 7) is 2.58. The van der Waals surface area contributed by atoms with Crippen molar-refractivity contribution >= 4 is 25.7 Å². The molecule has 0 rings (SSSR count). The Bertz CT molecular complexity index is 1130. The number of rotatable bonds is 36. The summed E-state index contributed by atoms with van der Waals surface area (Å²) in [5.74, 6) is -2.45. The Balaban J connectivity index is 4.48. The lowest BCUT2D eigenvalue weighted by Gasteiger charge is -2.20. The van der Waals surface area contributed by atoms with E-state index >= 15 is 0 Å². The number of unbranched alkanes of at least 4 members (excludes halogenated alkanes) is 15. The quantitative estimate of drug-likeness (QED) is 0.0182. The molecule has 53 heavy (non-hydrogen) atoms. The average molecular weight is 768 g/mol. The molecule has 0 aromatic heterocycles. The van der Waals surface area contributed by atoms with Gasteiger partial charge in [0, 0.05) is 12.8 Å². The molecule has 2 unspecified atom stereocenters. The van der Waals surface area contributed by atoms with E-state index in [-0.39, 0.29) is 19.4 Å². The number of esters is 2. The van der Waals surface area contributed by atoms with E-state index in [9.17, 15) is 23.8 Å². The van der Waals surface area contributed by atoms with Crippen LogP contribution in [0.3, 0.4) is 0 Å². The molecule has 0 aromatic carbocycles. The van der Waals surface area contributed by atoms with Gasteiger partial charge in [-0.15, -0.1) is 0 Å². The number of allylic oxidation sites excluding steroid dienone is 10. The molecule has 0 aliphatic heterocycles. The van der Waals surface area contributed by atoms with Gasteiger partial charge in [0.15, 0.2) is 6.10 Å². The van der Waals surface area contributed by atoms with Gasteiger partial charge >= 0.3 is 25.7 Å². The molecule has 0 aliphatic carbocycles. The molecule has 0 spiro atoms. The summed E-state index contributed by atoms with van der Waals surface area (Å²) in [6, 6.07) is -1.53. The van der Waals surface area contributed by atoms with E-state index in [2.05, 4.69) is 42.7 Å². The van der Waals surface area contributed by atoms with Gasteiger partial charge in [-0.05, 0) is 57.8 Å². The minimum atomic E-state index is -4.73. The van der Waals surface area contributed by atoms with E-state index in [4.69, 9.17) is 24.8 Å². The summed E-state index contributed by atoms with van der Waals surface area (Å²) in [5.41, 5.74) is 5.31. The van der Waals surface area contributed by atoms with Crippen molar-refractivity contribution in [3.63, 3.8) is 0 Å². The predicted octanol–water partition coefficient (Wildman–Crippen LogP) is 10.00. The van der Waals surface area contributed by atoms with Crippen molar-refractivity contribution in [2.45, 2.75) is 161 Å². The fourth-order valence-electron chi connectivity index (χ4n) is 4.95. The van der Waals surface area contributed by atoms with E-state index in [0.717, 1.165) is 64.2 Å². The minimum absolute atomic E-state index is 0.111. The smallest absolute Gasteiger partial charge is 0.472 e. The fraction of sp³-hybridized carbons (Fsp3) is 0.683. The van der Waals surface area contributed by atoms with Crippen molar-refractivity contribution in [2.75, 3.05) is 19.8 Å². The standard InChI is InChI=1S/C41H70NO10P/c1-3-5-7-9-11-13-15-17-18-19-21-22-24-26-28-30-32-39(43)49-34-37(35-50-53(47,48)51-36-38(42)41(45)46)52-40(44)33-31-29-27-25-23-20-16-14-12-10-8-6-4-2/h6,8,10,12,14,16,18-20,23,37-38H,3-5,7,9,11,13,15,17,21-22,24-36,42H2,1-2H3,(H,45,46)(H,47,48)/b8-6+,12-10+,16-14+,19-18+,23-20+/t37?,38-/m0/s1. The number of hydrogen-bond donors (Lipinski definition) is 3. The Labute approximate surface area is 319 Å². The first-order valence-electron chi connectivity index (χ1n) is 19.9. The lowest BCUT2D eigenvalue weighted by atomic mass is 10.1. The number of ether oxygens (including phenoxy) is 2. The van der Waals surface area contributed by atoms with E-state index in [0.29, 0.717) is 12.8 Å². The first-order valence-corrected chi connectivity index (χ1v) is 21.4. The second kappa shape index (κ2) is 36.2. The van der Waals surface area contributed by atoms with E-state index < -0.39 is 51.1 Å². The highest BCUT2D eigenvalue weighted by Crippen LogP contribution is 2.43. The van der Waals surface area contributed by atoms with Crippen molar-refractivity contribution in [2.24, 2.45) is 5.73 Å². The number of nitrogens with two attached hydrogens (primary N) is 1. The van der Waals surface area contributed by atoms with Crippen LogP contribution in [0.15, 0.2) is 60.8 Å². The lowest BCUT2D eigenvalue weighted by Crippen LogP contribution is -2.34. The van der Waals surface area contributed by atoms with Gasteiger partial charge in [-0.1, -0.05) is 139 Å². The maximum absolute atomic E-state index is 12.6. The van der Waals surface area contributed by atoms with Crippen LogP contribution in [0.1, 0.15) is 149 Å². The molecule has 0 radical (unpaired) electrons. The summed E-state index contributed by atoms with van der Waals surface area (Å²) >= 11 is 0. The van der Waals surface area contributed by atoms with E-state index in [1.807, 2.05) is 36.5 Å². The zero-order chi connectivity index (χ0) is 39.3. The monoisotopic (exact) mass is 767 g/mol. The van der Waals surface area contributed by atoms with Crippen LogP contribution in [-0.2, 0) is 37.5 Å². The van der Waals surface area contributed by atoms with Gasteiger partial charge < -0.3 is 25.2 Å². The Morgan fingerprint density at radius 2 is 1.08 bits per heavy atom. The third-order valence-electron chi connectivity index (χ3n) is 8.09. The molecule has 304 valence electrons. The predicted molar refractivity (Wildman–Crippen MR) is 212 cm³/mol. The van der Waals surface area contributed by atoms with Crippen LogP contribution in [0, 0.1) is 0 Å². The van der Waals surface area contributed by atoms with Gasteiger partial charge in [-0.25, -0.2) is 4.57 Å². The average Bonchev–Trinajstić information content (AvgIpc) is 3.13. The van der Waals surface area contributed by atoms with E-state index in [1.54, 1.807) is 0 Å². The maximum atomic E-state index is 12.6. The Morgan fingerprint density at radius 1 is 0.604 bits per heavy atom. The maximum Gasteiger partial charge on any atom is 0.472 e. The molecule has 0 heterocycles. The summed E-state index contributed by atoms with van der Waals surface area (Å²) in [4.78, 5) is 45.8. The van der Waals surface area contributed by atoms with Gasteiger partial charge in [-0.3, -0.25) is 23.4 Å². The summed E-state index contributed by atoms with van der Waals surface area (Å²) in [5, 5.41) is 8.86. The molecule has 3 atom stereocenters. The molecule has 11 nitrogen and oxygen atoms in total. The normalized spacial score (nSPS) is 14.5. The van der Waals surface area contributed by atoms with Gasteiger partial charge in [0.05, 0.1) is 13.2 Å². The number of phosphoric ester groups is 1. The highest BCUT2D eigenvalue weighted by atomic mass is 31.2. The zero-order valence-electron chi connectivity index (χ0n) is 32.6. The molecule has 0 saturated heterocycles. The molecule has 12 heteroatoms. The summed E-state index contributed by atoms with van der Waals surface area (Å²) in [6.07, 6.45) is 40.1. The molecule has 0 aliphatic rings. The number of carbonyl (C=O) groups is 3. The molecular formula is C41H70NO10P. The van der Waals surface area contributed by atoms with Crippen molar-refractivity contribution < 1.29 is 47.5 Å². The largest absolute Gasteiger partial charge is 0.480 e. The first kappa shape index (κ1) is 50.2. The van der Waals surface area contributed by atoms with Crippen molar-refractivity contribution in [1.29, 1.82) is 0 Å². The number of carboxylic acid groups (broad SMARTS) is 1. The molecule has 0 amide bonds. The van der Waals surface area contributed by atoms with Gasteiger partial charge in [0.2, 0.25) is 0 Å². The van der Waals surface area contributed by atoms with Gasteiger partial charge in [0.25, 0.3) is 0 Å². The Kier molecular flexibility index (Phi) is 34.2. The van der Waals surface area contributed by atoms with Crippen LogP contribution in [-0.4, -0.2) is 59.9 Å². The first-order chi connectivity index (χ1) is 25.6. The summed E-state index contributed by atoms with van der Waals surface area (Å²) in [7, 11) is -4.73. The topological polar surface area (TPSA) is 172 Å². The third-order valence-corrected chi connectivity index (χ3v) is 9.04. The van der Waals surface area contributed by atoms with Gasteiger partial charge in [0.1, 0.15) is 12.6 Å². The van der Waals surface area contributed by atoms with Crippen LogP contribution < -0.4 is 5.73 Å². The third kappa shape index (κ3) is 36.0. The number of phosphoric acid groups is 1. The Hall–Kier alpha value is -2.82. The number of carbonyl (C=O) groups excluding carboxylic acids is 2. The van der Waals surface area contributed by atoms with Crippen molar-refractivity contribution in [3.8, 4) is 0 Å². The molecule has 0 saturated carbocycles. The number of carboxylic acids is 1. The number of hydrogen-bond acceptors (Lipinski definition) is 9. The lowest BCUT2D eigenvalue weighted by molar-refractivity contribution is -0.161. The number of aliphatic carboxylic acids is 1. The molecule has 0 aromatic rings. The molecular weight excluding hydrogens is 697 g/mol. The van der Waals surface area contributed by atoms with Crippen LogP contribution in [0.5, 0.6) is 0 Å². The zero-order valence-corrected chi connectivity index (χ0v) is 33.5. The second-order valence-corrected chi connectivity index (χ2v) is 14.6. The van der Waals surface area contributed by atoms with Crippen LogP contribution in [0.25, 0.3) is 0 Å². The van der Waals surface area contributed by atoms with Crippen molar-refractivity contribution in [3.05, 3.63) is 60.8 Å². The highest BCUT2D eigenvalue weighted by molar-refractivity contribution is 7.47. The van der Waals surface area contributed by atoms with Crippen molar-refractivity contribution in [1.82, 2.24) is 0 Å². The van der Waals surface area contributed by atoms with E-state index in [1.165, 1.54) is 44.9 Å². The van der Waals surface area contributed by atoms with Crippen LogP contribution in [0.2, 0.25) is 0 Å². The highest BCUT2D eigenvalue weighted by Gasteiger charge is 2.28. The SMILES string of the molecule is CC/C=C/C=C/C=C/C=C/CCCCCC(=O)OC(COC(=O)CCCCCCC/C=C/CCCCCCCCC)COP(=O)(O)OC[C@H](N)C(=O)O. The molecule has 4 N–H and O–H groups in total. The van der Waals surface area contributed by atoms with Crippen LogP contribution in [0.4, 0.5) is 0 Å². The fourth-order valence-corrected chi connectivity index (χ4v) is 5.73. The Morgan fingerprint density at radius 3 is 1.66 bits per heavy atom. The second-order valence-electron chi connectivity index (χ2n) is 13.1. The van der Waals surface area contributed by atoms with Crippen LogP contribution >= 0.6 is 7.82 Å². The molecule has 0 bridgehead atoms.